The molecule has 16 heavy (non-hydrogen) atoms. The van der Waals surface area contributed by atoms with Gasteiger partial charge in [0.2, 0.25) is 5.78 Å². The Morgan fingerprint density at radius 1 is 1.38 bits per heavy atom. The molecule has 1 aromatic heterocycles. The maximum Gasteiger partial charge on any atom is 0.231 e. The molecular formula is C13H9NO2. The van der Waals surface area contributed by atoms with Gasteiger partial charge in [0.25, 0.3) is 0 Å². The Hall–Kier alpha value is -2.16. The number of aryl methyl sites for hydroxylation is 1. The third kappa shape index (κ3) is 1.08. The number of ketones is 1. The number of benzene rings is 1. The van der Waals surface area contributed by atoms with E-state index in [2.05, 4.69) is 11.6 Å². The predicted molar refractivity (Wildman–Crippen MR) is 60.6 cm³/mol. The zero-order valence-electron chi connectivity index (χ0n) is 8.78. The Morgan fingerprint density at radius 2 is 2.19 bits per heavy atom. The number of ether oxygens (including phenoxy) is 1. The third-order valence-electron chi connectivity index (χ3n) is 2.71. The van der Waals surface area contributed by atoms with E-state index in [9.17, 15) is 4.79 Å². The first-order valence-electron chi connectivity index (χ1n) is 4.97. The molecule has 1 aromatic carbocycles. The van der Waals surface area contributed by atoms with Crippen molar-refractivity contribution in [3.05, 3.63) is 48.0 Å². The van der Waals surface area contributed by atoms with E-state index in [0.717, 1.165) is 16.5 Å². The maximum absolute atomic E-state index is 11.7. The van der Waals surface area contributed by atoms with E-state index in [-0.39, 0.29) is 11.5 Å². The molecule has 0 N–H and O–H groups in total. The highest BCUT2D eigenvalue weighted by Gasteiger charge is 2.27. The van der Waals surface area contributed by atoms with E-state index in [1.54, 1.807) is 12.3 Å². The fourth-order valence-electron chi connectivity index (χ4n) is 1.91. The lowest BCUT2D eigenvalue weighted by Gasteiger charge is -2.03. The van der Waals surface area contributed by atoms with Gasteiger partial charge in [0.1, 0.15) is 5.75 Å². The Morgan fingerprint density at radius 3 is 3.00 bits per heavy atom. The van der Waals surface area contributed by atoms with Crippen LogP contribution in [0.25, 0.3) is 10.8 Å². The Balaban J connectivity index is 2.39. The standard InChI is InChI=1S/C13H9NO2/c1-7-5-9-3-4-10-12(15)8(2)16-13(10)11(9)6-14-7/h3-6H,2H2,1H3. The quantitative estimate of drug-likeness (QED) is 0.629. The van der Waals surface area contributed by atoms with Gasteiger partial charge in [-0.2, -0.15) is 0 Å². The molecule has 0 spiro atoms. The summed E-state index contributed by atoms with van der Waals surface area (Å²) >= 11 is 0. The van der Waals surface area contributed by atoms with Crippen molar-refractivity contribution in [2.75, 3.05) is 0 Å². The summed E-state index contributed by atoms with van der Waals surface area (Å²) in [5.41, 5.74) is 1.51. The van der Waals surface area contributed by atoms with E-state index in [0.29, 0.717) is 11.3 Å². The first-order chi connectivity index (χ1) is 7.66. The van der Waals surface area contributed by atoms with Crippen molar-refractivity contribution in [3.8, 4) is 5.75 Å². The van der Waals surface area contributed by atoms with Gasteiger partial charge in [-0.05, 0) is 24.4 Å². The number of fused-ring (bicyclic) bond motifs is 3. The number of aromatic nitrogens is 1. The number of hydrogen-bond donors (Lipinski definition) is 0. The number of hydrogen-bond acceptors (Lipinski definition) is 3. The largest absolute Gasteiger partial charge is 0.452 e. The molecule has 3 rings (SSSR count). The molecule has 1 aliphatic rings. The zero-order valence-corrected chi connectivity index (χ0v) is 8.78. The van der Waals surface area contributed by atoms with Crippen molar-refractivity contribution in [1.82, 2.24) is 4.98 Å². The Kier molecular flexibility index (Phi) is 1.66. The smallest absolute Gasteiger partial charge is 0.231 e. The molecule has 0 aliphatic carbocycles. The minimum absolute atomic E-state index is 0.141. The SMILES string of the molecule is C=C1Oc2c(ccc3cc(C)ncc23)C1=O. The number of pyridine rings is 1. The normalized spacial score (nSPS) is 14.1. The average molecular weight is 211 g/mol. The summed E-state index contributed by atoms with van der Waals surface area (Å²) in [5, 5.41) is 1.88. The zero-order chi connectivity index (χ0) is 11.3. The minimum Gasteiger partial charge on any atom is -0.452 e. The summed E-state index contributed by atoms with van der Waals surface area (Å²) in [6, 6.07) is 5.64. The van der Waals surface area contributed by atoms with Gasteiger partial charge in [-0.25, -0.2) is 0 Å². The molecule has 0 saturated heterocycles. The van der Waals surface area contributed by atoms with E-state index in [1.807, 2.05) is 19.1 Å². The molecule has 3 nitrogen and oxygen atoms in total. The first-order valence-corrected chi connectivity index (χ1v) is 4.97. The number of Topliss-reactive ketones (excluding diaryl/α,β-unsaturated/α-hetero) is 1. The van der Waals surface area contributed by atoms with Gasteiger partial charge in [0.15, 0.2) is 5.76 Å². The van der Waals surface area contributed by atoms with Crippen LogP contribution in [-0.2, 0) is 0 Å². The van der Waals surface area contributed by atoms with Gasteiger partial charge in [-0.15, -0.1) is 0 Å². The summed E-state index contributed by atoms with van der Waals surface area (Å²) in [5.74, 6) is 0.626. The topological polar surface area (TPSA) is 39.2 Å². The van der Waals surface area contributed by atoms with Gasteiger partial charge >= 0.3 is 0 Å². The molecule has 3 heteroatoms. The highest BCUT2D eigenvalue weighted by molar-refractivity contribution is 6.15. The van der Waals surface area contributed by atoms with Gasteiger partial charge < -0.3 is 4.74 Å². The van der Waals surface area contributed by atoms with Crippen LogP contribution in [0.3, 0.4) is 0 Å². The second-order valence-electron chi connectivity index (χ2n) is 3.84. The lowest BCUT2D eigenvalue weighted by molar-refractivity contribution is 0.101. The lowest BCUT2D eigenvalue weighted by Crippen LogP contribution is -1.94. The van der Waals surface area contributed by atoms with Crippen LogP contribution in [0.15, 0.2) is 36.7 Å². The molecule has 0 fully saturated rings. The van der Waals surface area contributed by atoms with Crippen LogP contribution in [-0.4, -0.2) is 10.8 Å². The lowest BCUT2D eigenvalue weighted by atomic mass is 10.1. The van der Waals surface area contributed by atoms with Gasteiger partial charge in [-0.3, -0.25) is 9.78 Å². The van der Waals surface area contributed by atoms with Crippen LogP contribution in [0.2, 0.25) is 0 Å². The third-order valence-corrected chi connectivity index (χ3v) is 2.71. The molecule has 0 amide bonds. The molecule has 2 heterocycles. The number of carbonyl (C=O) groups excluding carboxylic acids is 1. The second kappa shape index (κ2) is 2.92. The van der Waals surface area contributed by atoms with E-state index >= 15 is 0 Å². The van der Waals surface area contributed by atoms with Crippen LogP contribution in [0.1, 0.15) is 16.1 Å². The first kappa shape index (κ1) is 9.09. The molecule has 0 bridgehead atoms. The molecule has 2 aromatic rings. The summed E-state index contributed by atoms with van der Waals surface area (Å²) in [6.45, 7) is 5.51. The van der Waals surface area contributed by atoms with Crippen molar-refractivity contribution in [1.29, 1.82) is 0 Å². The van der Waals surface area contributed by atoms with Crippen molar-refractivity contribution in [3.63, 3.8) is 0 Å². The predicted octanol–water partition coefficient (Wildman–Crippen LogP) is 2.63. The molecule has 78 valence electrons. The summed E-state index contributed by atoms with van der Waals surface area (Å²) in [6.07, 6.45) is 1.73. The van der Waals surface area contributed by atoms with Crippen molar-refractivity contribution < 1.29 is 9.53 Å². The number of nitrogens with zero attached hydrogens (tertiary/aromatic N) is 1. The highest BCUT2D eigenvalue weighted by Crippen LogP contribution is 2.36. The molecule has 0 radical (unpaired) electrons. The van der Waals surface area contributed by atoms with E-state index in [4.69, 9.17) is 4.74 Å². The summed E-state index contributed by atoms with van der Waals surface area (Å²) in [4.78, 5) is 15.9. The van der Waals surface area contributed by atoms with Crippen molar-refractivity contribution in [2.45, 2.75) is 6.92 Å². The monoisotopic (exact) mass is 211 g/mol. The number of carbonyl (C=O) groups is 1. The van der Waals surface area contributed by atoms with E-state index in [1.165, 1.54) is 0 Å². The van der Waals surface area contributed by atoms with Gasteiger partial charge in [0, 0.05) is 17.3 Å². The van der Waals surface area contributed by atoms with Crippen LogP contribution < -0.4 is 4.74 Å². The van der Waals surface area contributed by atoms with Gasteiger partial charge in [-0.1, -0.05) is 12.6 Å². The fraction of sp³-hybridized carbons (Fsp3) is 0.0769. The van der Waals surface area contributed by atoms with Crippen molar-refractivity contribution >= 4 is 16.6 Å². The molecule has 0 atom stereocenters. The molecule has 1 aliphatic heterocycles. The van der Waals surface area contributed by atoms with Crippen LogP contribution in [0, 0.1) is 6.92 Å². The van der Waals surface area contributed by atoms with Crippen LogP contribution in [0.4, 0.5) is 0 Å². The summed E-state index contributed by atoms with van der Waals surface area (Å²) < 4.78 is 5.39. The Bertz CT molecular complexity index is 644. The van der Waals surface area contributed by atoms with Crippen molar-refractivity contribution in [2.24, 2.45) is 0 Å². The highest BCUT2D eigenvalue weighted by atomic mass is 16.5. The Labute approximate surface area is 92.4 Å². The molecule has 0 saturated carbocycles. The van der Waals surface area contributed by atoms with E-state index < -0.39 is 0 Å². The second-order valence-corrected chi connectivity index (χ2v) is 3.84. The number of allylic oxidation sites excluding steroid dienone is 1. The number of rotatable bonds is 0. The van der Waals surface area contributed by atoms with Crippen LogP contribution >= 0.6 is 0 Å². The fourth-order valence-corrected chi connectivity index (χ4v) is 1.91. The van der Waals surface area contributed by atoms with Crippen LogP contribution in [0.5, 0.6) is 5.75 Å². The molecular weight excluding hydrogens is 202 g/mol. The van der Waals surface area contributed by atoms with Gasteiger partial charge in [0.05, 0.1) is 5.56 Å². The average Bonchev–Trinajstić information content (AvgIpc) is 2.55. The minimum atomic E-state index is -0.141. The maximum atomic E-state index is 11.7. The summed E-state index contributed by atoms with van der Waals surface area (Å²) in [7, 11) is 0. The molecule has 0 unspecified atom stereocenters.